The van der Waals surface area contributed by atoms with Crippen molar-refractivity contribution in [1.29, 1.82) is 0 Å². The fraction of sp³-hybridized carbons (Fsp3) is 0.320. The molecule has 3 aromatic rings. The lowest BCUT2D eigenvalue weighted by Gasteiger charge is -2.31. The number of aromatic nitrogens is 1. The number of halogens is 1. The Kier molecular flexibility index (Phi) is 5.04. The number of fused-ring (bicyclic) bond motifs is 3. The summed E-state index contributed by atoms with van der Waals surface area (Å²) in [7, 11) is 0. The van der Waals surface area contributed by atoms with Crippen molar-refractivity contribution in [2.75, 3.05) is 31.3 Å². The van der Waals surface area contributed by atoms with Gasteiger partial charge in [-0.25, -0.2) is 4.98 Å². The summed E-state index contributed by atoms with van der Waals surface area (Å²) in [6.07, 6.45) is 3.86. The van der Waals surface area contributed by atoms with E-state index in [4.69, 9.17) is 30.8 Å². The molecule has 0 unspecified atom stereocenters. The van der Waals surface area contributed by atoms with Crippen LogP contribution in [-0.4, -0.2) is 42.4 Å². The second-order valence-corrected chi connectivity index (χ2v) is 8.87. The highest BCUT2D eigenvalue weighted by atomic mass is 35.5. The van der Waals surface area contributed by atoms with Crippen LogP contribution in [0.4, 0.5) is 11.5 Å². The largest absolute Gasteiger partial charge is 0.485 e. The molecular formula is C25H24ClN3O3. The van der Waals surface area contributed by atoms with Gasteiger partial charge in [0.25, 0.3) is 0 Å². The molecule has 3 aliphatic rings. The Hall–Kier alpha value is -2.96. The molecule has 2 aromatic carbocycles. The zero-order valence-corrected chi connectivity index (χ0v) is 18.4. The van der Waals surface area contributed by atoms with Gasteiger partial charge < -0.3 is 24.0 Å². The Balaban J connectivity index is 1.22. The number of hydrogen-bond donors (Lipinski definition) is 0. The maximum atomic E-state index is 6.40. The second-order valence-electron chi connectivity index (χ2n) is 8.44. The molecule has 1 saturated heterocycles. The number of pyridine rings is 1. The van der Waals surface area contributed by atoms with Gasteiger partial charge >= 0.3 is 0 Å². The van der Waals surface area contributed by atoms with Crippen LogP contribution in [0.5, 0.6) is 17.2 Å². The van der Waals surface area contributed by atoms with Crippen molar-refractivity contribution in [2.24, 2.45) is 0 Å². The number of ether oxygens (including phenoxy) is 3. The van der Waals surface area contributed by atoms with Gasteiger partial charge in [0.1, 0.15) is 6.61 Å². The van der Waals surface area contributed by atoms with Crippen LogP contribution in [0.2, 0.25) is 5.02 Å². The zero-order valence-electron chi connectivity index (χ0n) is 17.7. The molecule has 1 atom stereocenters. The number of nitrogens with zero attached hydrogens (tertiary/aromatic N) is 3. The van der Waals surface area contributed by atoms with Crippen molar-refractivity contribution in [2.45, 2.75) is 25.5 Å². The second kappa shape index (κ2) is 8.19. The smallest absolute Gasteiger partial charge is 0.231 e. The lowest BCUT2D eigenvalue weighted by molar-refractivity contribution is 0.174. The maximum absolute atomic E-state index is 6.40. The van der Waals surface area contributed by atoms with E-state index < -0.39 is 0 Å². The minimum atomic E-state index is 0.305. The Morgan fingerprint density at radius 3 is 2.91 bits per heavy atom. The molecule has 1 fully saturated rings. The van der Waals surface area contributed by atoms with E-state index in [-0.39, 0.29) is 0 Å². The normalized spacial score (nSPS) is 19.3. The van der Waals surface area contributed by atoms with Crippen molar-refractivity contribution >= 4 is 23.1 Å². The highest BCUT2D eigenvalue weighted by Crippen LogP contribution is 2.42. The molecule has 0 N–H and O–H groups in total. The summed E-state index contributed by atoms with van der Waals surface area (Å²) >= 11 is 6.40. The van der Waals surface area contributed by atoms with Gasteiger partial charge in [-0.1, -0.05) is 23.7 Å². The fourth-order valence-corrected chi connectivity index (χ4v) is 4.97. The van der Waals surface area contributed by atoms with E-state index in [1.54, 1.807) is 0 Å². The molecule has 0 saturated carbocycles. The van der Waals surface area contributed by atoms with Crippen molar-refractivity contribution < 1.29 is 14.2 Å². The molecule has 32 heavy (non-hydrogen) atoms. The first kappa shape index (κ1) is 19.7. The van der Waals surface area contributed by atoms with Gasteiger partial charge in [0, 0.05) is 42.5 Å². The van der Waals surface area contributed by atoms with Gasteiger partial charge in [0.05, 0.1) is 5.69 Å². The third-order valence-corrected chi connectivity index (χ3v) is 6.67. The van der Waals surface area contributed by atoms with Crippen LogP contribution in [0.1, 0.15) is 17.5 Å². The summed E-state index contributed by atoms with van der Waals surface area (Å²) in [6.45, 7) is 3.84. The van der Waals surface area contributed by atoms with E-state index in [0.717, 1.165) is 71.8 Å². The first-order valence-corrected chi connectivity index (χ1v) is 11.4. The molecule has 1 aromatic heterocycles. The Bertz CT molecular complexity index is 1160. The first-order chi connectivity index (χ1) is 15.7. The van der Waals surface area contributed by atoms with E-state index in [0.29, 0.717) is 19.4 Å². The van der Waals surface area contributed by atoms with Gasteiger partial charge in [-0.2, -0.15) is 0 Å². The van der Waals surface area contributed by atoms with Crippen LogP contribution in [0.25, 0.3) is 0 Å². The molecule has 6 rings (SSSR count). The number of anilines is 2. The van der Waals surface area contributed by atoms with E-state index in [1.165, 1.54) is 5.56 Å². The molecule has 4 heterocycles. The van der Waals surface area contributed by atoms with Gasteiger partial charge in [-0.05, 0) is 54.8 Å². The average Bonchev–Trinajstić information content (AvgIpc) is 3.44. The first-order valence-electron chi connectivity index (χ1n) is 11.0. The molecule has 164 valence electrons. The molecule has 0 amide bonds. The van der Waals surface area contributed by atoms with Crippen LogP contribution in [-0.2, 0) is 13.0 Å². The van der Waals surface area contributed by atoms with Crippen molar-refractivity contribution in [3.63, 3.8) is 0 Å². The summed E-state index contributed by atoms with van der Waals surface area (Å²) in [6, 6.07) is 16.5. The molecular weight excluding hydrogens is 426 g/mol. The van der Waals surface area contributed by atoms with E-state index in [1.807, 2.05) is 36.5 Å². The molecule has 3 aliphatic heterocycles. The summed E-state index contributed by atoms with van der Waals surface area (Å²) < 4.78 is 17.0. The van der Waals surface area contributed by atoms with E-state index >= 15 is 0 Å². The number of hydrogen-bond acceptors (Lipinski definition) is 6. The highest BCUT2D eigenvalue weighted by molar-refractivity contribution is 6.30. The maximum Gasteiger partial charge on any atom is 0.231 e. The molecule has 0 radical (unpaired) electrons. The highest BCUT2D eigenvalue weighted by Gasteiger charge is 2.33. The minimum absolute atomic E-state index is 0.305. The summed E-state index contributed by atoms with van der Waals surface area (Å²) in [5.41, 5.74) is 3.49. The number of benzene rings is 2. The summed E-state index contributed by atoms with van der Waals surface area (Å²) in [4.78, 5) is 9.56. The van der Waals surface area contributed by atoms with E-state index in [2.05, 4.69) is 28.0 Å². The number of likely N-dealkylation sites (tertiary alicyclic amines) is 1. The van der Waals surface area contributed by atoms with Crippen molar-refractivity contribution in [3.8, 4) is 17.2 Å². The van der Waals surface area contributed by atoms with Gasteiger partial charge in [-0.15, -0.1) is 0 Å². The number of rotatable bonds is 4. The predicted octanol–water partition coefficient (Wildman–Crippen LogP) is 4.81. The van der Waals surface area contributed by atoms with Gasteiger partial charge in [0.15, 0.2) is 23.1 Å². The van der Waals surface area contributed by atoms with E-state index in [9.17, 15) is 0 Å². The van der Waals surface area contributed by atoms with Crippen LogP contribution in [0.3, 0.4) is 0 Å². The Labute approximate surface area is 192 Å². The van der Waals surface area contributed by atoms with Crippen LogP contribution < -0.4 is 19.1 Å². The minimum Gasteiger partial charge on any atom is -0.485 e. The third-order valence-electron chi connectivity index (χ3n) is 6.44. The summed E-state index contributed by atoms with van der Waals surface area (Å²) in [5, 5.41) is 0.728. The third kappa shape index (κ3) is 3.63. The molecule has 0 spiro atoms. The van der Waals surface area contributed by atoms with Crippen LogP contribution in [0, 0.1) is 0 Å². The molecule has 0 bridgehead atoms. The van der Waals surface area contributed by atoms with Crippen LogP contribution >= 0.6 is 11.6 Å². The van der Waals surface area contributed by atoms with Crippen molar-refractivity contribution in [1.82, 2.24) is 9.88 Å². The zero-order chi connectivity index (χ0) is 21.5. The molecule has 6 nitrogen and oxygen atoms in total. The Morgan fingerprint density at radius 2 is 1.94 bits per heavy atom. The fourth-order valence-electron chi connectivity index (χ4n) is 4.81. The molecule has 7 heteroatoms. The van der Waals surface area contributed by atoms with Crippen LogP contribution in [0.15, 0.2) is 54.7 Å². The Morgan fingerprint density at radius 1 is 1.00 bits per heavy atom. The quantitative estimate of drug-likeness (QED) is 0.569. The van der Waals surface area contributed by atoms with Gasteiger partial charge in [0.2, 0.25) is 6.79 Å². The lowest BCUT2D eigenvalue weighted by Crippen LogP contribution is -2.35. The van der Waals surface area contributed by atoms with Crippen molar-refractivity contribution in [3.05, 3.63) is 70.9 Å². The summed E-state index contributed by atoms with van der Waals surface area (Å²) in [5.74, 6) is 3.37. The van der Waals surface area contributed by atoms with Gasteiger partial charge in [-0.3, -0.25) is 0 Å². The standard InChI is InChI=1S/C25H24ClN3O3/c26-19-5-4-18-15-30-23-2-1-9-27-25(23)29(21(18)13-19)20-8-11-28(14-20)10-7-17-3-6-22-24(12-17)32-16-31-22/h1-6,9,12-13,20H,7-8,10-11,14-16H2/t20-/m1/s1. The monoisotopic (exact) mass is 449 g/mol. The SMILES string of the molecule is Clc1ccc2c(c1)N([C@@H]1CCN(CCc3ccc4c(c3)OCO4)C1)c1ncccc1OC2. The predicted molar refractivity (Wildman–Crippen MR) is 123 cm³/mol. The average molecular weight is 450 g/mol. The lowest BCUT2D eigenvalue weighted by atomic mass is 10.1. The topological polar surface area (TPSA) is 47.1 Å². The molecule has 0 aliphatic carbocycles.